The molecule has 1 amide bonds. The molecule has 9 heteroatoms. The molecule has 0 aromatic carbocycles. The maximum Gasteiger partial charge on any atom is 0.290 e. The number of rotatable bonds is 4. The first-order valence-electron chi connectivity index (χ1n) is 7.72. The molecule has 1 aromatic heterocycles. The van der Waals surface area contributed by atoms with Crippen molar-refractivity contribution in [3.8, 4) is 0 Å². The van der Waals surface area contributed by atoms with E-state index in [1.54, 1.807) is 0 Å². The fourth-order valence-electron chi connectivity index (χ4n) is 3.35. The zero-order valence-electron chi connectivity index (χ0n) is 13.2. The third kappa shape index (κ3) is 4.54. The number of hydrogen-bond acceptors (Lipinski definition) is 7. The van der Waals surface area contributed by atoms with E-state index in [-0.39, 0.29) is 6.47 Å². The van der Waals surface area contributed by atoms with E-state index < -0.39 is 0 Å². The van der Waals surface area contributed by atoms with Crippen LogP contribution in [-0.2, 0) is 9.59 Å². The molecule has 2 heterocycles. The molecule has 0 radical (unpaired) electrons. The lowest BCUT2D eigenvalue weighted by Gasteiger charge is -2.25. The Morgan fingerprint density at radius 1 is 1.43 bits per heavy atom. The van der Waals surface area contributed by atoms with Gasteiger partial charge in [-0.15, -0.1) is 10.2 Å². The number of nitrogens with zero attached hydrogens (tertiary/aromatic N) is 4. The fraction of sp³-hybridized carbons (Fsp3) is 0.714. The molecule has 128 valence electrons. The molecule has 1 aliphatic carbocycles. The summed E-state index contributed by atoms with van der Waals surface area (Å²) in [4.78, 5) is 24.7. The van der Waals surface area contributed by atoms with Crippen LogP contribution in [0, 0.1) is 5.92 Å². The molecule has 3 rings (SSSR count). The minimum absolute atomic E-state index is 0.250. The summed E-state index contributed by atoms with van der Waals surface area (Å²) < 4.78 is 0. The summed E-state index contributed by atoms with van der Waals surface area (Å²) in [5, 5.41) is 16.1. The normalized spacial score (nSPS) is 21.2. The number of anilines is 2. The first kappa shape index (κ1) is 17.5. The molecule has 1 saturated heterocycles. The van der Waals surface area contributed by atoms with Crippen molar-refractivity contribution in [2.75, 3.05) is 30.8 Å². The number of hydrogen-bond donors (Lipinski definition) is 2. The van der Waals surface area contributed by atoms with Crippen LogP contribution in [0.3, 0.4) is 0 Å². The van der Waals surface area contributed by atoms with Crippen molar-refractivity contribution in [3.05, 3.63) is 0 Å². The highest BCUT2D eigenvalue weighted by molar-refractivity contribution is 7.18. The zero-order valence-corrected chi connectivity index (χ0v) is 14.0. The van der Waals surface area contributed by atoms with E-state index in [0.29, 0.717) is 29.4 Å². The molecule has 2 fully saturated rings. The van der Waals surface area contributed by atoms with Crippen molar-refractivity contribution in [2.24, 2.45) is 5.92 Å². The van der Waals surface area contributed by atoms with E-state index in [1.165, 1.54) is 37.0 Å². The van der Waals surface area contributed by atoms with Crippen LogP contribution in [0.4, 0.5) is 10.3 Å². The molecule has 8 nitrogen and oxygen atoms in total. The van der Waals surface area contributed by atoms with Crippen molar-refractivity contribution < 1.29 is 14.7 Å². The highest BCUT2D eigenvalue weighted by Crippen LogP contribution is 2.30. The van der Waals surface area contributed by atoms with Gasteiger partial charge in [0.1, 0.15) is 0 Å². The standard InChI is InChI=1S/C13H21N5OS.CH2O2/c1-17(13-16-15-12(14)20-13)7-9-6-11(19)18(8-9)10-4-2-3-5-10;2-1-3/h9-10H,2-8H2,1H3,(H2,14,15);1H,(H,2,3). The number of amides is 1. The minimum Gasteiger partial charge on any atom is -0.483 e. The molecule has 0 bridgehead atoms. The van der Waals surface area contributed by atoms with Crippen molar-refractivity contribution in [3.63, 3.8) is 0 Å². The van der Waals surface area contributed by atoms with Crippen LogP contribution in [0.15, 0.2) is 0 Å². The number of nitrogens with two attached hydrogens (primary N) is 1. The second-order valence-electron chi connectivity index (χ2n) is 5.96. The Bertz CT molecular complexity index is 532. The van der Waals surface area contributed by atoms with E-state index in [0.717, 1.165) is 18.2 Å². The van der Waals surface area contributed by atoms with Gasteiger partial charge in [-0.2, -0.15) is 0 Å². The number of aromatic nitrogens is 2. The third-order valence-corrected chi connectivity index (χ3v) is 5.16. The van der Waals surface area contributed by atoms with Crippen molar-refractivity contribution in [1.29, 1.82) is 0 Å². The van der Waals surface area contributed by atoms with Crippen LogP contribution in [0.2, 0.25) is 0 Å². The summed E-state index contributed by atoms with van der Waals surface area (Å²) >= 11 is 1.39. The Balaban J connectivity index is 0.000000595. The summed E-state index contributed by atoms with van der Waals surface area (Å²) in [6.07, 6.45) is 5.56. The minimum atomic E-state index is -0.250. The average molecular weight is 341 g/mol. The number of carbonyl (C=O) groups is 2. The van der Waals surface area contributed by atoms with Crippen LogP contribution >= 0.6 is 11.3 Å². The van der Waals surface area contributed by atoms with E-state index >= 15 is 0 Å². The van der Waals surface area contributed by atoms with Gasteiger partial charge in [-0.05, 0) is 12.8 Å². The Labute approximate surface area is 139 Å². The number of carbonyl (C=O) groups excluding carboxylic acids is 1. The van der Waals surface area contributed by atoms with Crippen molar-refractivity contribution in [2.45, 2.75) is 38.1 Å². The second kappa shape index (κ2) is 8.09. The maximum absolute atomic E-state index is 12.2. The molecular weight excluding hydrogens is 318 g/mol. The molecule has 0 spiro atoms. The van der Waals surface area contributed by atoms with Crippen molar-refractivity contribution >= 4 is 34.0 Å². The van der Waals surface area contributed by atoms with Gasteiger partial charge >= 0.3 is 0 Å². The summed E-state index contributed by atoms with van der Waals surface area (Å²) in [6.45, 7) is 1.48. The molecule has 1 unspecified atom stereocenters. The van der Waals surface area contributed by atoms with E-state index in [2.05, 4.69) is 20.0 Å². The smallest absolute Gasteiger partial charge is 0.290 e. The second-order valence-corrected chi connectivity index (χ2v) is 6.95. The fourth-order valence-corrected chi connectivity index (χ4v) is 3.93. The molecule has 3 N–H and O–H groups in total. The maximum atomic E-state index is 12.2. The van der Waals surface area contributed by atoms with E-state index in [1.807, 2.05) is 7.05 Å². The molecule has 1 saturated carbocycles. The number of nitrogen functional groups attached to an aromatic ring is 1. The SMILES string of the molecule is CN(CC1CC(=O)N(C2CCCC2)C1)c1nnc(N)s1.O=CO. The first-order valence-corrected chi connectivity index (χ1v) is 8.54. The lowest BCUT2D eigenvalue weighted by molar-refractivity contribution is -0.129. The van der Waals surface area contributed by atoms with Crippen LogP contribution in [-0.4, -0.2) is 58.8 Å². The zero-order chi connectivity index (χ0) is 16.8. The van der Waals surface area contributed by atoms with Crippen LogP contribution in [0.5, 0.6) is 0 Å². The van der Waals surface area contributed by atoms with Gasteiger partial charge in [-0.1, -0.05) is 24.2 Å². The van der Waals surface area contributed by atoms with E-state index in [9.17, 15) is 4.79 Å². The quantitative estimate of drug-likeness (QED) is 0.787. The van der Waals surface area contributed by atoms with Gasteiger partial charge in [0.15, 0.2) is 0 Å². The van der Waals surface area contributed by atoms with Gasteiger partial charge in [-0.3, -0.25) is 9.59 Å². The Morgan fingerprint density at radius 2 is 2.09 bits per heavy atom. The average Bonchev–Trinajstić information content (AvgIpc) is 3.20. The largest absolute Gasteiger partial charge is 0.483 e. The Kier molecular flexibility index (Phi) is 6.14. The predicted molar refractivity (Wildman–Crippen MR) is 88.4 cm³/mol. The van der Waals surface area contributed by atoms with Gasteiger partial charge in [0.05, 0.1) is 0 Å². The van der Waals surface area contributed by atoms with Gasteiger partial charge in [0, 0.05) is 38.5 Å². The molecule has 23 heavy (non-hydrogen) atoms. The number of likely N-dealkylation sites (tertiary alicyclic amines) is 1. The molecular formula is C14H23N5O3S. The first-order chi connectivity index (χ1) is 11.0. The van der Waals surface area contributed by atoms with Gasteiger partial charge in [0.25, 0.3) is 6.47 Å². The summed E-state index contributed by atoms with van der Waals surface area (Å²) in [5.41, 5.74) is 5.61. The van der Waals surface area contributed by atoms with Gasteiger partial charge < -0.3 is 20.6 Å². The molecule has 1 atom stereocenters. The summed E-state index contributed by atoms with van der Waals surface area (Å²) in [5.74, 6) is 0.713. The van der Waals surface area contributed by atoms with Gasteiger partial charge in [0.2, 0.25) is 16.2 Å². The van der Waals surface area contributed by atoms with E-state index in [4.69, 9.17) is 15.6 Å². The monoisotopic (exact) mass is 341 g/mol. The highest BCUT2D eigenvalue weighted by Gasteiger charge is 2.35. The van der Waals surface area contributed by atoms with Gasteiger partial charge in [-0.25, -0.2) is 0 Å². The molecule has 2 aliphatic rings. The predicted octanol–water partition coefficient (Wildman–Crippen LogP) is 1.05. The van der Waals surface area contributed by atoms with Crippen LogP contribution in [0.25, 0.3) is 0 Å². The number of carboxylic acid groups (broad SMARTS) is 1. The summed E-state index contributed by atoms with van der Waals surface area (Å²) in [6, 6.07) is 0.495. The van der Waals surface area contributed by atoms with Crippen molar-refractivity contribution in [1.82, 2.24) is 15.1 Å². The molecule has 1 aromatic rings. The van der Waals surface area contributed by atoms with Crippen LogP contribution in [0.1, 0.15) is 32.1 Å². The Morgan fingerprint density at radius 3 is 2.65 bits per heavy atom. The highest BCUT2D eigenvalue weighted by atomic mass is 32.1. The Hall–Kier alpha value is -1.90. The van der Waals surface area contributed by atoms with Crippen LogP contribution < -0.4 is 10.6 Å². The summed E-state index contributed by atoms with van der Waals surface area (Å²) in [7, 11) is 1.99. The topological polar surface area (TPSA) is 113 Å². The lowest BCUT2D eigenvalue weighted by Crippen LogP contribution is -2.35. The third-order valence-electron chi connectivity index (χ3n) is 4.29. The molecule has 1 aliphatic heterocycles. The lowest BCUT2D eigenvalue weighted by atomic mass is 10.1.